The van der Waals surface area contributed by atoms with E-state index >= 15 is 0 Å². The normalized spacial score (nSPS) is 10.8. The number of hydrogen-bond donors (Lipinski definition) is 2. The fourth-order valence-electron chi connectivity index (χ4n) is 2.10. The van der Waals surface area contributed by atoms with E-state index in [4.69, 9.17) is 15.2 Å². The molecule has 1 aromatic carbocycles. The van der Waals surface area contributed by atoms with Crippen molar-refractivity contribution >= 4 is 24.6 Å². The summed E-state index contributed by atoms with van der Waals surface area (Å²) in [7, 11) is -2.43. The molecule has 156 valence electrons. The van der Waals surface area contributed by atoms with Crippen LogP contribution in [0.2, 0.25) is 0 Å². The molecule has 12 heteroatoms. The van der Waals surface area contributed by atoms with Crippen LogP contribution in [0.5, 0.6) is 0 Å². The van der Waals surface area contributed by atoms with E-state index in [0.717, 1.165) is 5.69 Å². The van der Waals surface area contributed by atoms with Gasteiger partial charge in [0.05, 0.1) is 30.6 Å². The first kappa shape index (κ1) is 23.3. The van der Waals surface area contributed by atoms with E-state index in [9.17, 15) is 22.1 Å². The molecule has 0 saturated heterocycles. The Kier molecular flexibility index (Phi) is 9.29. The molecular formula is C16H23BF4N4O3. The maximum Gasteiger partial charge on any atom is 0.673 e. The number of benzene rings is 1. The van der Waals surface area contributed by atoms with Gasteiger partial charge in [-0.2, -0.15) is 0 Å². The molecule has 0 fully saturated rings. The summed E-state index contributed by atoms with van der Waals surface area (Å²) >= 11 is 0. The van der Waals surface area contributed by atoms with Gasteiger partial charge in [-0.05, 0) is 18.2 Å². The van der Waals surface area contributed by atoms with Crippen molar-refractivity contribution in [3.05, 3.63) is 42.5 Å². The highest BCUT2D eigenvalue weighted by molar-refractivity contribution is 6.50. The topological polar surface area (TPSA) is 82.4 Å². The molecule has 3 N–H and O–H groups in total. The number of ether oxygens (including phenoxy) is 2. The van der Waals surface area contributed by atoms with Gasteiger partial charge in [-0.1, -0.05) is 0 Å². The largest absolute Gasteiger partial charge is 0.673 e. The molecule has 0 spiro atoms. The highest BCUT2D eigenvalue weighted by Crippen LogP contribution is 2.20. The van der Waals surface area contributed by atoms with Gasteiger partial charge in [0, 0.05) is 13.7 Å². The van der Waals surface area contributed by atoms with Crippen LogP contribution in [-0.4, -0.2) is 44.7 Å². The smallest absolute Gasteiger partial charge is 0.458 e. The second kappa shape index (κ2) is 11.2. The van der Waals surface area contributed by atoms with Crippen molar-refractivity contribution < 1.29 is 36.1 Å². The van der Waals surface area contributed by atoms with Crippen molar-refractivity contribution in [3.8, 4) is 0 Å². The Morgan fingerprint density at radius 3 is 2.50 bits per heavy atom. The second-order valence-corrected chi connectivity index (χ2v) is 5.67. The van der Waals surface area contributed by atoms with Crippen LogP contribution in [0.4, 0.5) is 28.6 Å². The minimum Gasteiger partial charge on any atom is -0.458 e. The number of aryl methyl sites for hydroxylation is 1. The lowest BCUT2D eigenvalue weighted by Crippen LogP contribution is -2.24. The van der Waals surface area contributed by atoms with Crippen molar-refractivity contribution in [2.24, 2.45) is 7.05 Å². The predicted molar refractivity (Wildman–Crippen MR) is 97.3 cm³/mol. The fourth-order valence-corrected chi connectivity index (χ4v) is 2.10. The number of rotatable bonds is 8. The lowest BCUT2D eigenvalue weighted by Gasteiger charge is -2.10. The second-order valence-electron chi connectivity index (χ2n) is 5.67. The first-order valence-electron chi connectivity index (χ1n) is 8.28. The van der Waals surface area contributed by atoms with Crippen LogP contribution >= 0.6 is 0 Å². The van der Waals surface area contributed by atoms with E-state index in [1.165, 1.54) is 0 Å². The third kappa shape index (κ3) is 9.81. The van der Waals surface area contributed by atoms with Gasteiger partial charge < -0.3 is 37.8 Å². The summed E-state index contributed by atoms with van der Waals surface area (Å²) < 4.78 is 53.1. The van der Waals surface area contributed by atoms with Gasteiger partial charge in [0.15, 0.2) is 0 Å². The monoisotopic (exact) mass is 406 g/mol. The zero-order chi connectivity index (χ0) is 21.2. The molecule has 0 atom stereocenters. The van der Waals surface area contributed by atoms with E-state index in [2.05, 4.69) is 5.32 Å². The molecule has 0 aliphatic heterocycles. The number of aromatic nitrogens is 2. The van der Waals surface area contributed by atoms with Crippen LogP contribution in [0.3, 0.4) is 0 Å². The summed E-state index contributed by atoms with van der Waals surface area (Å²) in [6.07, 6.45) is 5.77. The zero-order valence-corrected chi connectivity index (χ0v) is 15.6. The Morgan fingerprint density at radius 1 is 1.29 bits per heavy atom. The molecule has 28 heavy (non-hydrogen) atoms. The number of nitrogens with zero attached hydrogens (tertiary/aromatic N) is 2. The maximum absolute atomic E-state index is 12.0. The summed E-state index contributed by atoms with van der Waals surface area (Å²) in [4.78, 5) is 12.0. The van der Waals surface area contributed by atoms with Crippen LogP contribution in [0.25, 0.3) is 0 Å². The summed E-state index contributed by atoms with van der Waals surface area (Å²) in [5, 5.41) is 3.14. The highest BCUT2D eigenvalue weighted by atomic mass is 19.5. The number of nitrogen functional groups attached to an aromatic ring is 1. The van der Waals surface area contributed by atoms with Crippen molar-refractivity contribution in [1.29, 1.82) is 0 Å². The Labute approximate surface area is 160 Å². The van der Waals surface area contributed by atoms with Gasteiger partial charge in [0.1, 0.15) is 25.5 Å². The molecule has 0 aliphatic rings. The van der Waals surface area contributed by atoms with E-state index < -0.39 is 7.25 Å². The Balaban J connectivity index is 0.000000696. The number of nitrogens with one attached hydrogen (secondary N) is 1. The van der Waals surface area contributed by atoms with Crippen molar-refractivity contribution in [1.82, 2.24) is 4.57 Å². The molecule has 1 heterocycles. The Bertz CT molecular complexity index is 750. The summed E-state index contributed by atoms with van der Waals surface area (Å²) in [6.45, 7) is 2.15. The zero-order valence-electron chi connectivity index (χ0n) is 15.6. The molecule has 0 aliphatic carbocycles. The van der Waals surface area contributed by atoms with E-state index in [0.29, 0.717) is 37.6 Å². The fraction of sp³-hybridized carbons (Fsp3) is 0.375. The maximum atomic E-state index is 12.0. The number of anilines is 2. The predicted octanol–water partition coefficient (Wildman–Crippen LogP) is 2.11. The number of imidazole rings is 1. The standard InChI is InChI=1S/C16H22N4O3.BF4/c1-19-6-7-20(12-19)8-10-23-16(21)13-3-4-15(14(17)11-13)18-5-9-22-2;2-1(3,4)5/h3-4,6-7,11-12H,5,8-10,17H2,1-2H3;/q;-1/p+1. The molecule has 0 saturated carbocycles. The van der Waals surface area contributed by atoms with E-state index in [-0.39, 0.29) is 5.97 Å². The van der Waals surface area contributed by atoms with Crippen molar-refractivity contribution in [3.63, 3.8) is 0 Å². The van der Waals surface area contributed by atoms with Gasteiger partial charge in [0.25, 0.3) is 0 Å². The molecule has 2 aromatic rings. The van der Waals surface area contributed by atoms with Gasteiger partial charge in [-0.15, -0.1) is 0 Å². The lowest BCUT2D eigenvalue weighted by molar-refractivity contribution is -0.671. The van der Waals surface area contributed by atoms with Gasteiger partial charge >= 0.3 is 13.2 Å². The molecule has 2 rings (SSSR count). The number of hydrogen-bond acceptors (Lipinski definition) is 5. The summed E-state index contributed by atoms with van der Waals surface area (Å²) in [5.74, 6) is -0.378. The van der Waals surface area contributed by atoms with E-state index in [1.807, 2.05) is 34.9 Å². The average Bonchev–Trinajstić information content (AvgIpc) is 3.00. The number of methoxy groups -OCH3 is 1. The van der Waals surface area contributed by atoms with Gasteiger partial charge in [0.2, 0.25) is 6.33 Å². The van der Waals surface area contributed by atoms with Gasteiger partial charge in [-0.3, -0.25) is 0 Å². The molecule has 1 aromatic heterocycles. The Hall–Kier alpha value is -2.76. The minimum absolute atomic E-state index is 0.307. The first-order valence-corrected chi connectivity index (χ1v) is 8.28. The molecule has 0 bridgehead atoms. The Morgan fingerprint density at radius 2 is 1.96 bits per heavy atom. The highest BCUT2D eigenvalue weighted by Gasteiger charge is 2.20. The molecule has 0 radical (unpaired) electrons. The third-order valence-corrected chi connectivity index (χ3v) is 3.32. The molecular weight excluding hydrogens is 383 g/mol. The summed E-state index contributed by atoms with van der Waals surface area (Å²) in [6, 6.07) is 5.09. The molecule has 0 unspecified atom stereocenters. The number of carbonyl (C=O) groups excluding carboxylic acids is 1. The number of esters is 1. The first-order chi connectivity index (χ1) is 13.1. The summed E-state index contributed by atoms with van der Waals surface area (Å²) in [5.41, 5.74) is 7.67. The van der Waals surface area contributed by atoms with Crippen LogP contribution in [0, 0.1) is 0 Å². The van der Waals surface area contributed by atoms with E-state index in [1.54, 1.807) is 25.3 Å². The SMILES string of the molecule is COCCNc1ccc(C(=O)OCCn2cc[n+](C)c2)cc1N.F[B-](F)(F)F. The lowest BCUT2D eigenvalue weighted by atomic mass is 10.1. The minimum atomic E-state index is -6.00. The van der Waals surface area contributed by atoms with Crippen LogP contribution < -0.4 is 15.6 Å². The number of halogens is 4. The van der Waals surface area contributed by atoms with Gasteiger partial charge in [-0.25, -0.2) is 13.9 Å². The number of carbonyl (C=O) groups is 1. The van der Waals surface area contributed by atoms with Crippen molar-refractivity contribution in [2.75, 3.05) is 37.9 Å². The van der Waals surface area contributed by atoms with Crippen LogP contribution in [-0.2, 0) is 23.1 Å². The third-order valence-electron chi connectivity index (χ3n) is 3.32. The van der Waals surface area contributed by atoms with Crippen molar-refractivity contribution in [2.45, 2.75) is 6.54 Å². The quantitative estimate of drug-likeness (QED) is 0.175. The number of nitrogens with two attached hydrogens (primary N) is 1. The molecule has 0 amide bonds. The van der Waals surface area contributed by atoms with Crippen LogP contribution in [0.1, 0.15) is 10.4 Å². The molecule has 7 nitrogen and oxygen atoms in total. The van der Waals surface area contributed by atoms with Crippen LogP contribution in [0.15, 0.2) is 36.9 Å². The average molecular weight is 406 g/mol.